The molecule has 0 aromatic rings. The first-order valence-electron chi connectivity index (χ1n) is 5.92. The van der Waals surface area contributed by atoms with Crippen LogP contribution in [0.2, 0.25) is 0 Å². The van der Waals surface area contributed by atoms with Crippen LogP contribution < -0.4 is 0 Å². The fraction of sp³-hybridized carbons (Fsp3) is 1.00. The SMILES string of the molecule is CCS(=O)(=O)CCC1CCCCC(O)C1. The number of aliphatic hydroxyl groups is 1. The monoisotopic (exact) mass is 234 g/mol. The molecular weight excluding hydrogens is 212 g/mol. The van der Waals surface area contributed by atoms with Crippen LogP contribution in [-0.2, 0) is 9.84 Å². The zero-order chi connectivity index (χ0) is 11.3. The van der Waals surface area contributed by atoms with Gasteiger partial charge in [-0.25, -0.2) is 8.42 Å². The maximum atomic E-state index is 11.3. The molecule has 1 fully saturated rings. The van der Waals surface area contributed by atoms with Gasteiger partial charge in [0, 0.05) is 5.75 Å². The summed E-state index contributed by atoms with van der Waals surface area (Å²) < 4.78 is 22.7. The van der Waals surface area contributed by atoms with Gasteiger partial charge in [0.15, 0.2) is 0 Å². The molecule has 1 saturated carbocycles. The molecule has 2 unspecified atom stereocenters. The molecule has 2 atom stereocenters. The number of sulfone groups is 1. The second-order valence-electron chi connectivity index (χ2n) is 4.57. The third-order valence-corrected chi connectivity index (χ3v) is 5.02. The maximum Gasteiger partial charge on any atom is 0.150 e. The Labute approximate surface area is 92.8 Å². The lowest BCUT2D eigenvalue weighted by atomic mass is 9.97. The fourth-order valence-electron chi connectivity index (χ4n) is 2.19. The molecule has 0 heterocycles. The summed E-state index contributed by atoms with van der Waals surface area (Å²) >= 11 is 0. The first-order valence-corrected chi connectivity index (χ1v) is 7.74. The molecule has 0 aromatic heterocycles. The lowest BCUT2D eigenvalue weighted by molar-refractivity contribution is 0.140. The highest BCUT2D eigenvalue weighted by Gasteiger charge is 2.20. The van der Waals surface area contributed by atoms with Crippen molar-refractivity contribution in [3.05, 3.63) is 0 Å². The van der Waals surface area contributed by atoms with Crippen molar-refractivity contribution in [1.29, 1.82) is 0 Å². The smallest absolute Gasteiger partial charge is 0.150 e. The van der Waals surface area contributed by atoms with Crippen molar-refractivity contribution in [3.63, 3.8) is 0 Å². The van der Waals surface area contributed by atoms with Crippen LogP contribution in [0.5, 0.6) is 0 Å². The summed E-state index contributed by atoms with van der Waals surface area (Å²) in [5.74, 6) is 0.937. The van der Waals surface area contributed by atoms with E-state index < -0.39 is 9.84 Å². The van der Waals surface area contributed by atoms with Crippen LogP contribution in [0.3, 0.4) is 0 Å². The van der Waals surface area contributed by atoms with Gasteiger partial charge in [-0.2, -0.15) is 0 Å². The molecule has 0 bridgehead atoms. The van der Waals surface area contributed by atoms with Crippen molar-refractivity contribution < 1.29 is 13.5 Å². The third kappa shape index (κ3) is 4.98. The lowest BCUT2D eigenvalue weighted by Gasteiger charge is -2.15. The first kappa shape index (κ1) is 13.0. The van der Waals surface area contributed by atoms with Crippen LogP contribution in [0.15, 0.2) is 0 Å². The molecule has 1 rings (SSSR count). The summed E-state index contributed by atoms with van der Waals surface area (Å²) in [6, 6.07) is 0. The van der Waals surface area contributed by atoms with Crippen molar-refractivity contribution in [2.75, 3.05) is 11.5 Å². The molecule has 1 aliphatic carbocycles. The van der Waals surface area contributed by atoms with Crippen LogP contribution >= 0.6 is 0 Å². The van der Waals surface area contributed by atoms with E-state index in [1.165, 1.54) is 0 Å². The highest BCUT2D eigenvalue weighted by atomic mass is 32.2. The Morgan fingerprint density at radius 3 is 2.60 bits per heavy atom. The molecule has 1 N–H and O–H groups in total. The van der Waals surface area contributed by atoms with Crippen LogP contribution in [-0.4, -0.2) is 31.1 Å². The van der Waals surface area contributed by atoms with Crippen LogP contribution in [0.25, 0.3) is 0 Å². The summed E-state index contributed by atoms with van der Waals surface area (Å²) in [5, 5.41) is 9.60. The molecule has 3 nitrogen and oxygen atoms in total. The summed E-state index contributed by atoms with van der Waals surface area (Å²) in [6.07, 6.45) is 5.49. The standard InChI is InChI=1S/C11H22O3S/c1-2-15(13,14)8-7-10-5-3-4-6-11(12)9-10/h10-12H,2-9H2,1H3. The zero-order valence-corrected chi connectivity index (χ0v) is 10.3. The number of hydrogen-bond acceptors (Lipinski definition) is 3. The van der Waals surface area contributed by atoms with Gasteiger partial charge in [-0.05, 0) is 25.2 Å². The van der Waals surface area contributed by atoms with Crippen molar-refractivity contribution in [3.8, 4) is 0 Å². The Bertz CT molecular complexity index is 272. The maximum absolute atomic E-state index is 11.3. The zero-order valence-electron chi connectivity index (χ0n) is 9.48. The normalized spacial score (nSPS) is 28.7. The van der Waals surface area contributed by atoms with Gasteiger partial charge in [0.2, 0.25) is 0 Å². The Kier molecular flexibility index (Phi) is 5.06. The lowest BCUT2D eigenvalue weighted by Crippen LogP contribution is -2.16. The van der Waals surface area contributed by atoms with Gasteiger partial charge >= 0.3 is 0 Å². The first-order chi connectivity index (χ1) is 7.03. The van der Waals surface area contributed by atoms with E-state index in [0.717, 1.165) is 38.5 Å². The van der Waals surface area contributed by atoms with E-state index in [9.17, 15) is 13.5 Å². The van der Waals surface area contributed by atoms with Crippen LogP contribution in [0.1, 0.15) is 45.4 Å². The average molecular weight is 234 g/mol. The number of aliphatic hydroxyl groups excluding tert-OH is 1. The molecule has 15 heavy (non-hydrogen) atoms. The Balaban J connectivity index is 2.37. The van der Waals surface area contributed by atoms with E-state index in [0.29, 0.717) is 11.7 Å². The third-order valence-electron chi connectivity index (χ3n) is 3.28. The second-order valence-corrected chi connectivity index (χ2v) is 7.04. The molecular formula is C11H22O3S. The number of rotatable bonds is 4. The molecule has 0 aromatic carbocycles. The summed E-state index contributed by atoms with van der Waals surface area (Å²) in [4.78, 5) is 0. The summed E-state index contributed by atoms with van der Waals surface area (Å²) in [7, 11) is -2.83. The van der Waals surface area contributed by atoms with E-state index >= 15 is 0 Å². The molecule has 1 aliphatic rings. The second kappa shape index (κ2) is 5.85. The largest absolute Gasteiger partial charge is 0.393 e. The highest BCUT2D eigenvalue weighted by Crippen LogP contribution is 2.26. The topological polar surface area (TPSA) is 54.4 Å². The van der Waals surface area contributed by atoms with Crippen molar-refractivity contribution >= 4 is 9.84 Å². The highest BCUT2D eigenvalue weighted by molar-refractivity contribution is 7.91. The van der Waals surface area contributed by atoms with Gasteiger partial charge in [-0.3, -0.25) is 0 Å². The molecule has 90 valence electrons. The predicted octanol–water partition coefficient (Wildman–Crippen LogP) is 1.75. The fourth-order valence-corrected chi connectivity index (χ4v) is 3.17. The molecule has 4 heteroatoms. The minimum absolute atomic E-state index is 0.207. The summed E-state index contributed by atoms with van der Waals surface area (Å²) in [5.41, 5.74) is 0. The van der Waals surface area contributed by atoms with Gasteiger partial charge in [-0.1, -0.05) is 26.2 Å². The van der Waals surface area contributed by atoms with Gasteiger partial charge in [0.05, 0.1) is 11.9 Å². The minimum Gasteiger partial charge on any atom is -0.393 e. The van der Waals surface area contributed by atoms with Crippen LogP contribution in [0, 0.1) is 5.92 Å². The molecule has 0 amide bonds. The Hall–Kier alpha value is -0.0900. The van der Waals surface area contributed by atoms with Gasteiger partial charge in [-0.15, -0.1) is 0 Å². The van der Waals surface area contributed by atoms with Gasteiger partial charge in [0.1, 0.15) is 9.84 Å². The Morgan fingerprint density at radius 2 is 1.93 bits per heavy atom. The minimum atomic E-state index is -2.83. The van der Waals surface area contributed by atoms with E-state index in [1.54, 1.807) is 6.92 Å². The molecule has 0 spiro atoms. The summed E-state index contributed by atoms with van der Waals surface area (Å²) in [6.45, 7) is 1.69. The molecule has 0 aliphatic heterocycles. The molecule has 0 radical (unpaired) electrons. The number of hydrogen-bond donors (Lipinski definition) is 1. The molecule has 0 saturated heterocycles. The Morgan fingerprint density at radius 1 is 1.27 bits per heavy atom. The van der Waals surface area contributed by atoms with E-state index in [1.807, 2.05) is 0 Å². The van der Waals surface area contributed by atoms with Gasteiger partial charge < -0.3 is 5.11 Å². The van der Waals surface area contributed by atoms with Crippen molar-refractivity contribution in [1.82, 2.24) is 0 Å². The van der Waals surface area contributed by atoms with Gasteiger partial charge in [0.25, 0.3) is 0 Å². The van der Waals surface area contributed by atoms with E-state index in [-0.39, 0.29) is 11.9 Å². The van der Waals surface area contributed by atoms with Crippen LogP contribution in [0.4, 0.5) is 0 Å². The van der Waals surface area contributed by atoms with E-state index in [2.05, 4.69) is 0 Å². The average Bonchev–Trinajstić information content (AvgIpc) is 2.40. The van der Waals surface area contributed by atoms with Crippen molar-refractivity contribution in [2.45, 2.75) is 51.6 Å². The quantitative estimate of drug-likeness (QED) is 0.754. The van der Waals surface area contributed by atoms with E-state index in [4.69, 9.17) is 0 Å². The predicted molar refractivity (Wildman–Crippen MR) is 61.5 cm³/mol. The van der Waals surface area contributed by atoms with Crippen molar-refractivity contribution in [2.24, 2.45) is 5.92 Å².